The topological polar surface area (TPSA) is 67.6 Å². The summed E-state index contributed by atoms with van der Waals surface area (Å²) >= 11 is 0. The van der Waals surface area contributed by atoms with E-state index in [1.165, 1.54) is 0 Å². The second kappa shape index (κ2) is 7.63. The summed E-state index contributed by atoms with van der Waals surface area (Å²) in [5, 5.41) is 3.34. The van der Waals surface area contributed by atoms with Crippen LogP contribution < -0.4 is 11.1 Å². The third-order valence-electron chi connectivity index (χ3n) is 3.42. The van der Waals surface area contributed by atoms with Gasteiger partial charge < -0.3 is 15.8 Å². The Kier molecular flexibility index (Phi) is 6.47. The second-order valence-electron chi connectivity index (χ2n) is 4.75. The van der Waals surface area contributed by atoms with Crippen molar-refractivity contribution in [1.29, 1.82) is 0 Å². The second-order valence-corrected chi connectivity index (χ2v) is 4.75. The van der Waals surface area contributed by atoms with Crippen molar-refractivity contribution in [1.82, 2.24) is 10.2 Å². The van der Waals surface area contributed by atoms with E-state index in [-0.39, 0.29) is 5.91 Å². The van der Waals surface area contributed by atoms with Gasteiger partial charge in [-0.1, -0.05) is 0 Å². The maximum atomic E-state index is 11.2. The van der Waals surface area contributed by atoms with Crippen LogP contribution >= 0.6 is 0 Å². The molecule has 0 spiro atoms. The predicted molar refractivity (Wildman–Crippen MR) is 67.7 cm³/mol. The van der Waals surface area contributed by atoms with Gasteiger partial charge in [-0.3, -0.25) is 9.69 Å². The number of primary amides is 1. The molecule has 1 fully saturated rings. The SMILES string of the molecule is COCCC(C)N(CC(N)=O)C1CCNCC1. The number of piperidine rings is 1. The lowest BCUT2D eigenvalue weighted by atomic mass is 10.0. The average Bonchev–Trinajstić information content (AvgIpc) is 2.34. The number of hydrogen-bond donors (Lipinski definition) is 2. The molecule has 0 radical (unpaired) electrons. The average molecular weight is 243 g/mol. The van der Waals surface area contributed by atoms with E-state index in [4.69, 9.17) is 10.5 Å². The third-order valence-corrected chi connectivity index (χ3v) is 3.42. The minimum Gasteiger partial charge on any atom is -0.385 e. The molecule has 0 saturated carbocycles. The Hall–Kier alpha value is -0.650. The Morgan fingerprint density at radius 3 is 2.71 bits per heavy atom. The van der Waals surface area contributed by atoms with Crippen LogP contribution in [-0.2, 0) is 9.53 Å². The zero-order valence-corrected chi connectivity index (χ0v) is 10.9. The van der Waals surface area contributed by atoms with Gasteiger partial charge in [-0.25, -0.2) is 0 Å². The zero-order chi connectivity index (χ0) is 12.7. The molecular formula is C12H25N3O2. The quantitative estimate of drug-likeness (QED) is 0.658. The fraction of sp³-hybridized carbons (Fsp3) is 0.917. The normalized spacial score (nSPS) is 19.5. The van der Waals surface area contributed by atoms with E-state index in [1.54, 1.807) is 7.11 Å². The molecule has 1 heterocycles. The summed E-state index contributed by atoms with van der Waals surface area (Å²) in [6.07, 6.45) is 3.11. The lowest BCUT2D eigenvalue weighted by Crippen LogP contribution is -2.50. The van der Waals surface area contributed by atoms with Gasteiger partial charge in [0.2, 0.25) is 5.91 Å². The summed E-state index contributed by atoms with van der Waals surface area (Å²) in [4.78, 5) is 13.4. The number of carbonyl (C=O) groups excluding carboxylic acids is 1. The fourth-order valence-corrected chi connectivity index (χ4v) is 2.42. The van der Waals surface area contributed by atoms with Crippen LogP contribution in [0.5, 0.6) is 0 Å². The van der Waals surface area contributed by atoms with Gasteiger partial charge >= 0.3 is 0 Å². The number of nitrogens with one attached hydrogen (secondary N) is 1. The van der Waals surface area contributed by atoms with Gasteiger partial charge in [0, 0.05) is 25.8 Å². The number of nitrogens with zero attached hydrogens (tertiary/aromatic N) is 1. The van der Waals surface area contributed by atoms with Gasteiger partial charge in [0.25, 0.3) is 0 Å². The van der Waals surface area contributed by atoms with E-state index >= 15 is 0 Å². The summed E-state index contributed by atoms with van der Waals surface area (Å²) in [6, 6.07) is 0.807. The molecule has 1 rings (SSSR count). The molecule has 17 heavy (non-hydrogen) atoms. The van der Waals surface area contributed by atoms with Crippen molar-refractivity contribution in [2.75, 3.05) is 33.4 Å². The maximum Gasteiger partial charge on any atom is 0.231 e. The molecule has 0 aromatic carbocycles. The van der Waals surface area contributed by atoms with Crippen molar-refractivity contribution >= 4 is 5.91 Å². The zero-order valence-electron chi connectivity index (χ0n) is 10.9. The predicted octanol–water partition coefficient (Wildman–Crippen LogP) is -0.0493. The highest BCUT2D eigenvalue weighted by Crippen LogP contribution is 2.16. The maximum absolute atomic E-state index is 11.2. The number of amides is 1. The fourth-order valence-electron chi connectivity index (χ4n) is 2.42. The van der Waals surface area contributed by atoms with Gasteiger partial charge in [0.05, 0.1) is 6.54 Å². The molecule has 5 heteroatoms. The van der Waals surface area contributed by atoms with E-state index < -0.39 is 0 Å². The molecule has 1 amide bonds. The summed E-state index contributed by atoms with van der Waals surface area (Å²) in [7, 11) is 1.70. The van der Waals surface area contributed by atoms with Gasteiger partial charge in [0.1, 0.15) is 0 Å². The number of rotatable bonds is 7. The smallest absolute Gasteiger partial charge is 0.231 e. The highest BCUT2D eigenvalue weighted by atomic mass is 16.5. The highest BCUT2D eigenvalue weighted by molar-refractivity contribution is 5.76. The van der Waals surface area contributed by atoms with Crippen LogP contribution in [0.2, 0.25) is 0 Å². The lowest BCUT2D eigenvalue weighted by Gasteiger charge is -2.38. The van der Waals surface area contributed by atoms with Crippen LogP contribution in [0.1, 0.15) is 26.2 Å². The number of methoxy groups -OCH3 is 1. The van der Waals surface area contributed by atoms with Crippen molar-refractivity contribution in [3.05, 3.63) is 0 Å². The number of nitrogens with two attached hydrogens (primary N) is 1. The first-order valence-corrected chi connectivity index (χ1v) is 6.39. The van der Waals surface area contributed by atoms with Crippen LogP contribution in [0.15, 0.2) is 0 Å². The molecule has 0 aliphatic carbocycles. The molecule has 3 N–H and O–H groups in total. The van der Waals surface area contributed by atoms with Crippen LogP contribution in [-0.4, -0.2) is 56.2 Å². The van der Waals surface area contributed by atoms with Gasteiger partial charge in [-0.15, -0.1) is 0 Å². The molecule has 5 nitrogen and oxygen atoms in total. The van der Waals surface area contributed by atoms with Gasteiger partial charge in [-0.2, -0.15) is 0 Å². The lowest BCUT2D eigenvalue weighted by molar-refractivity contribution is -0.120. The van der Waals surface area contributed by atoms with Crippen LogP contribution in [0.25, 0.3) is 0 Å². The minimum atomic E-state index is -0.243. The Bertz CT molecular complexity index is 230. The first-order chi connectivity index (χ1) is 8.15. The molecule has 1 unspecified atom stereocenters. The van der Waals surface area contributed by atoms with E-state index in [1.807, 2.05) is 0 Å². The van der Waals surface area contributed by atoms with E-state index in [9.17, 15) is 4.79 Å². The molecule has 1 aliphatic rings. The van der Waals surface area contributed by atoms with Gasteiger partial charge in [-0.05, 0) is 39.3 Å². The summed E-state index contributed by atoms with van der Waals surface area (Å²) in [5.74, 6) is -0.243. The molecule has 1 atom stereocenters. The third kappa shape index (κ3) is 5.02. The molecule has 0 aromatic heterocycles. The Balaban J connectivity index is 2.54. The largest absolute Gasteiger partial charge is 0.385 e. The van der Waals surface area contributed by atoms with Crippen LogP contribution in [0.4, 0.5) is 0 Å². The monoisotopic (exact) mass is 243 g/mol. The first kappa shape index (κ1) is 14.4. The Labute approximate surface area is 104 Å². The Morgan fingerprint density at radius 2 is 2.18 bits per heavy atom. The minimum absolute atomic E-state index is 0.243. The highest BCUT2D eigenvalue weighted by Gasteiger charge is 2.26. The Morgan fingerprint density at radius 1 is 1.53 bits per heavy atom. The van der Waals surface area contributed by atoms with Crippen molar-refractivity contribution in [3.8, 4) is 0 Å². The number of hydrogen-bond acceptors (Lipinski definition) is 4. The van der Waals surface area contributed by atoms with E-state index in [2.05, 4.69) is 17.1 Å². The summed E-state index contributed by atoms with van der Waals surface area (Å²) in [6.45, 7) is 5.27. The van der Waals surface area contributed by atoms with E-state index in [0.29, 0.717) is 18.6 Å². The molecular weight excluding hydrogens is 218 g/mol. The first-order valence-electron chi connectivity index (χ1n) is 6.39. The molecule has 1 aliphatic heterocycles. The van der Waals surface area contributed by atoms with Crippen LogP contribution in [0.3, 0.4) is 0 Å². The van der Waals surface area contributed by atoms with E-state index in [0.717, 1.165) is 39.0 Å². The molecule has 0 bridgehead atoms. The van der Waals surface area contributed by atoms with Crippen molar-refractivity contribution < 1.29 is 9.53 Å². The molecule has 100 valence electrons. The summed E-state index contributed by atoms with van der Waals surface area (Å²) < 4.78 is 5.10. The number of carbonyl (C=O) groups is 1. The van der Waals surface area contributed by atoms with Crippen LogP contribution in [0, 0.1) is 0 Å². The van der Waals surface area contributed by atoms with Crippen molar-refractivity contribution in [2.24, 2.45) is 5.73 Å². The number of ether oxygens (including phenoxy) is 1. The summed E-state index contributed by atoms with van der Waals surface area (Å²) in [5.41, 5.74) is 5.34. The molecule has 1 saturated heterocycles. The standard InChI is InChI=1S/C12H25N3O2/c1-10(5-8-17-2)15(9-12(13)16)11-3-6-14-7-4-11/h10-11,14H,3-9H2,1-2H3,(H2,13,16). The van der Waals surface area contributed by atoms with Gasteiger partial charge in [0.15, 0.2) is 0 Å². The van der Waals surface area contributed by atoms with Crippen molar-refractivity contribution in [3.63, 3.8) is 0 Å². The van der Waals surface area contributed by atoms with Crippen molar-refractivity contribution in [2.45, 2.75) is 38.3 Å². The molecule has 0 aromatic rings.